The van der Waals surface area contributed by atoms with E-state index in [2.05, 4.69) is 22.2 Å². The highest BCUT2D eigenvalue weighted by Crippen LogP contribution is 2.23. The van der Waals surface area contributed by atoms with Crippen molar-refractivity contribution >= 4 is 11.6 Å². The van der Waals surface area contributed by atoms with Crippen molar-refractivity contribution in [2.45, 2.75) is 25.8 Å². The van der Waals surface area contributed by atoms with Crippen LogP contribution in [-0.4, -0.2) is 21.1 Å². The average Bonchev–Trinajstić information content (AvgIpc) is 2.81. The number of hydrogen-bond acceptors (Lipinski definition) is 3. The molecule has 0 aliphatic rings. The fourth-order valence-corrected chi connectivity index (χ4v) is 2.40. The third-order valence-corrected chi connectivity index (χ3v) is 3.46. The lowest BCUT2D eigenvalue weighted by molar-refractivity contribution is 0.495. The molecule has 1 atom stereocenters. The maximum atomic E-state index is 6.22. The number of nitrogens with zero attached hydrogens (tertiary/aromatic N) is 3. The summed E-state index contributed by atoms with van der Waals surface area (Å²) < 4.78 is 2.04. The molecule has 0 saturated carbocycles. The normalized spacial score (nSPS) is 12.6. The fraction of sp³-hybridized carbons (Fsp3) is 0.429. The van der Waals surface area contributed by atoms with E-state index in [1.807, 2.05) is 36.1 Å². The first-order chi connectivity index (χ1) is 9.22. The van der Waals surface area contributed by atoms with Gasteiger partial charge in [-0.05, 0) is 25.1 Å². The minimum atomic E-state index is 0.162. The van der Waals surface area contributed by atoms with Crippen molar-refractivity contribution in [3.63, 3.8) is 0 Å². The molecule has 1 unspecified atom stereocenters. The van der Waals surface area contributed by atoms with Crippen molar-refractivity contribution in [2.24, 2.45) is 7.05 Å². The largest absolute Gasteiger partial charge is 0.338 e. The first kappa shape index (κ1) is 14.0. The van der Waals surface area contributed by atoms with Crippen LogP contribution in [0.15, 0.2) is 30.7 Å². The van der Waals surface area contributed by atoms with Crippen LogP contribution in [0.25, 0.3) is 0 Å². The topological polar surface area (TPSA) is 42.7 Å². The van der Waals surface area contributed by atoms with E-state index in [4.69, 9.17) is 11.6 Å². The third-order valence-electron chi connectivity index (χ3n) is 3.15. The molecule has 102 valence electrons. The highest BCUT2D eigenvalue weighted by molar-refractivity contribution is 6.31. The van der Waals surface area contributed by atoms with Gasteiger partial charge < -0.3 is 9.88 Å². The maximum absolute atomic E-state index is 6.22. The van der Waals surface area contributed by atoms with Gasteiger partial charge in [-0.25, -0.2) is 4.98 Å². The van der Waals surface area contributed by atoms with Crippen LogP contribution in [0.1, 0.15) is 30.9 Å². The summed E-state index contributed by atoms with van der Waals surface area (Å²) in [5.74, 6) is 1.08. The Labute approximate surface area is 118 Å². The predicted molar refractivity (Wildman–Crippen MR) is 77.2 cm³/mol. The van der Waals surface area contributed by atoms with Gasteiger partial charge in [0.25, 0.3) is 0 Å². The molecule has 4 nitrogen and oxygen atoms in total. The molecule has 0 saturated heterocycles. The molecule has 0 bridgehead atoms. The van der Waals surface area contributed by atoms with E-state index in [9.17, 15) is 0 Å². The van der Waals surface area contributed by atoms with Gasteiger partial charge >= 0.3 is 0 Å². The molecule has 2 heterocycles. The number of aryl methyl sites for hydroxylation is 2. The molecule has 5 heteroatoms. The van der Waals surface area contributed by atoms with Crippen molar-refractivity contribution in [2.75, 3.05) is 6.54 Å². The highest BCUT2D eigenvalue weighted by Gasteiger charge is 2.15. The lowest BCUT2D eigenvalue weighted by Gasteiger charge is -2.18. The SMILES string of the molecule is CCNC(CCc1nccn1C)c1ncccc1Cl. The minimum absolute atomic E-state index is 0.162. The average molecular weight is 279 g/mol. The van der Waals surface area contributed by atoms with Gasteiger partial charge in [0.2, 0.25) is 0 Å². The quantitative estimate of drug-likeness (QED) is 0.883. The summed E-state index contributed by atoms with van der Waals surface area (Å²) in [6.45, 7) is 2.97. The van der Waals surface area contributed by atoms with Gasteiger partial charge in [0.05, 0.1) is 16.8 Å². The summed E-state index contributed by atoms with van der Waals surface area (Å²) in [7, 11) is 2.01. The van der Waals surface area contributed by atoms with Crippen molar-refractivity contribution in [1.29, 1.82) is 0 Å². The molecule has 2 rings (SSSR count). The van der Waals surface area contributed by atoms with Crippen LogP contribution < -0.4 is 5.32 Å². The zero-order valence-corrected chi connectivity index (χ0v) is 12.1. The first-order valence-electron chi connectivity index (χ1n) is 6.52. The van der Waals surface area contributed by atoms with Crippen molar-refractivity contribution in [3.8, 4) is 0 Å². The minimum Gasteiger partial charge on any atom is -0.338 e. The third kappa shape index (κ3) is 3.55. The summed E-state index contributed by atoms with van der Waals surface area (Å²) >= 11 is 6.22. The number of pyridine rings is 1. The fourth-order valence-electron chi connectivity index (χ4n) is 2.15. The molecule has 19 heavy (non-hydrogen) atoms. The van der Waals surface area contributed by atoms with Crippen LogP contribution in [0.4, 0.5) is 0 Å². The zero-order valence-electron chi connectivity index (χ0n) is 11.3. The van der Waals surface area contributed by atoms with Crippen LogP contribution in [0.2, 0.25) is 5.02 Å². The Bertz CT molecular complexity index is 524. The number of aromatic nitrogens is 3. The van der Waals surface area contributed by atoms with Gasteiger partial charge in [0, 0.05) is 32.1 Å². The molecule has 0 aliphatic carbocycles. The smallest absolute Gasteiger partial charge is 0.108 e. The lowest BCUT2D eigenvalue weighted by Crippen LogP contribution is -2.23. The van der Waals surface area contributed by atoms with Crippen LogP contribution in [-0.2, 0) is 13.5 Å². The molecule has 0 aromatic carbocycles. The molecule has 0 aliphatic heterocycles. The second-order valence-corrected chi connectivity index (χ2v) is 4.88. The van der Waals surface area contributed by atoms with E-state index < -0.39 is 0 Å². The van der Waals surface area contributed by atoms with Gasteiger partial charge in [-0.2, -0.15) is 0 Å². The summed E-state index contributed by atoms with van der Waals surface area (Å²) in [6.07, 6.45) is 7.40. The Balaban J connectivity index is 2.09. The van der Waals surface area contributed by atoms with Crippen LogP contribution in [0.3, 0.4) is 0 Å². The van der Waals surface area contributed by atoms with Crippen molar-refractivity contribution in [3.05, 3.63) is 47.3 Å². The molecule has 0 radical (unpaired) electrons. The van der Waals surface area contributed by atoms with Crippen LogP contribution in [0.5, 0.6) is 0 Å². The van der Waals surface area contributed by atoms with Gasteiger partial charge in [0.1, 0.15) is 5.82 Å². The van der Waals surface area contributed by atoms with Gasteiger partial charge in [-0.1, -0.05) is 18.5 Å². The number of nitrogens with one attached hydrogen (secondary N) is 1. The number of hydrogen-bond donors (Lipinski definition) is 1. The van der Waals surface area contributed by atoms with Crippen LogP contribution in [0, 0.1) is 0 Å². The van der Waals surface area contributed by atoms with Gasteiger partial charge in [-0.3, -0.25) is 4.98 Å². The van der Waals surface area contributed by atoms with Crippen molar-refractivity contribution in [1.82, 2.24) is 19.9 Å². The molecule has 0 amide bonds. The zero-order chi connectivity index (χ0) is 13.7. The maximum Gasteiger partial charge on any atom is 0.108 e. The second kappa shape index (κ2) is 6.68. The predicted octanol–water partition coefficient (Wildman–Crippen LogP) is 2.75. The first-order valence-corrected chi connectivity index (χ1v) is 6.90. The standard InChI is InChI=1S/C14H19ClN4/c1-3-16-12(14-11(15)5-4-8-18-14)6-7-13-17-9-10-19(13)2/h4-5,8-10,12,16H,3,6-7H2,1-2H3. The summed E-state index contributed by atoms with van der Waals surface area (Å²) in [5.41, 5.74) is 0.917. The number of halogens is 1. The Hall–Kier alpha value is -1.39. The van der Waals surface area contributed by atoms with E-state index >= 15 is 0 Å². The molecule has 0 spiro atoms. The molecule has 2 aromatic heterocycles. The molecule has 2 aromatic rings. The second-order valence-electron chi connectivity index (χ2n) is 4.47. The lowest BCUT2D eigenvalue weighted by atomic mass is 10.1. The summed E-state index contributed by atoms with van der Waals surface area (Å²) in [6, 6.07) is 3.90. The van der Waals surface area contributed by atoms with Gasteiger partial charge in [0.15, 0.2) is 0 Å². The number of rotatable bonds is 6. The molecule has 1 N–H and O–H groups in total. The van der Waals surface area contributed by atoms with E-state index in [0.717, 1.165) is 30.9 Å². The Kier molecular flexibility index (Phi) is 4.93. The Morgan fingerprint density at radius 3 is 2.84 bits per heavy atom. The van der Waals surface area contributed by atoms with Gasteiger partial charge in [-0.15, -0.1) is 0 Å². The Morgan fingerprint density at radius 2 is 2.21 bits per heavy atom. The van der Waals surface area contributed by atoms with Crippen LogP contribution >= 0.6 is 11.6 Å². The molecule has 0 fully saturated rings. The van der Waals surface area contributed by atoms with Crippen molar-refractivity contribution < 1.29 is 0 Å². The number of imidazole rings is 1. The van der Waals surface area contributed by atoms with E-state index in [0.29, 0.717) is 5.02 Å². The van der Waals surface area contributed by atoms with E-state index in [1.54, 1.807) is 6.20 Å². The van der Waals surface area contributed by atoms with E-state index in [-0.39, 0.29) is 6.04 Å². The summed E-state index contributed by atoms with van der Waals surface area (Å²) in [4.78, 5) is 8.74. The monoisotopic (exact) mass is 278 g/mol. The Morgan fingerprint density at radius 1 is 1.37 bits per heavy atom. The summed E-state index contributed by atoms with van der Waals surface area (Å²) in [5, 5.41) is 4.15. The molecular formula is C14H19ClN4. The molecular weight excluding hydrogens is 260 g/mol. The highest BCUT2D eigenvalue weighted by atomic mass is 35.5. The van der Waals surface area contributed by atoms with E-state index in [1.165, 1.54) is 0 Å².